The first-order valence-corrected chi connectivity index (χ1v) is 11.4. The summed E-state index contributed by atoms with van der Waals surface area (Å²) in [5, 5.41) is 7.82. The first-order chi connectivity index (χ1) is 16.1. The van der Waals surface area contributed by atoms with Crippen molar-refractivity contribution in [3.63, 3.8) is 0 Å². The van der Waals surface area contributed by atoms with E-state index in [1.807, 2.05) is 23.6 Å². The predicted octanol–water partition coefficient (Wildman–Crippen LogP) is 4.43. The van der Waals surface area contributed by atoms with Gasteiger partial charge in [-0.2, -0.15) is 5.10 Å². The Morgan fingerprint density at radius 3 is 2.67 bits per heavy atom. The lowest BCUT2D eigenvalue weighted by molar-refractivity contribution is -0.153. The summed E-state index contributed by atoms with van der Waals surface area (Å²) < 4.78 is 21.4. The fraction of sp³-hybridized carbons (Fsp3) is 0.292. The van der Waals surface area contributed by atoms with Crippen molar-refractivity contribution in [2.75, 3.05) is 20.3 Å². The average Bonchev–Trinajstić information content (AvgIpc) is 3.61. The van der Waals surface area contributed by atoms with E-state index in [0.29, 0.717) is 31.0 Å². The molecule has 1 aromatic carbocycles. The van der Waals surface area contributed by atoms with Crippen LogP contribution in [0, 0.1) is 0 Å². The van der Waals surface area contributed by atoms with E-state index in [9.17, 15) is 9.59 Å². The monoisotopic (exact) mass is 468 g/mol. The first-order valence-electron chi connectivity index (χ1n) is 10.5. The molecule has 1 aliphatic rings. The first kappa shape index (κ1) is 22.6. The lowest BCUT2D eigenvalue weighted by Gasteiger charge is -2.19. The maximum absolute atomic E-state index is 12.8. The van der Waals surface area contributed by atoms with Crippen molar-refractivity contribution < 1.29 is 28.2 Å². The minimum absolute atomic E-state index is 0.148. The Hall–Kier alpha value is -3.59. The van der Waals surface area contributed by atoms with Gasteiger partial charge in [-0.05, 0) is 54.3 Å². The maximum Gasteiger partial charge on any atom is 0.306 e. The highest BCUT2D eigenvalue weighted by atomic mass is 32.1. The number of carbonyl (C=O) groups excluding carboxylic acids is 2. The molecule has 0 unspecified atom stereocenters. The number of nitrogens with zero attached hydrogens (tertiary/aromatic N) is 2. The van der Waals surface area contributed by atoms with Crippen molar-refractivity contribution in [3.8, 4) is 11.5 Å². The van der Waals surface area contributed by atoms with Gasteiger partial charge in [0.1, 0.15) is 23.3 Å². The Morgan fingerprint density at radius 1 is 1.15 bits per heavy atom. The van der Waals surface area contributed by atoms with Crippen LogP contribution in [0.5, 0.6) is 11.5 Å². The van der Waals surface area contributed by atoms with E-state index in [1.165, 1.54) is 5.01 Å². The molecule has 1 aliphatic heterocycles. The van der Waals surface area contributed by atoms with Gasteiger partial charge >= 0.3 is 5.97 Å². The molecular formula is C24H24N2O6S. The zero-order valence-corrected chi connectivity index (χ0v) is 19.0. The molecule has 4 rings (SSSR count). The molecule has 0 N–H and O–H groups in total. The summed E-state index contributed by atoms with van der Waals surface area (Å²) in [6, 6.07) is 14.3. The summed E-state index contributed by atoms with van der Waals surface area (Å²) in [4.78, 5) is 25.9. The number of amides is 1. The lowest BCUT2D eigenvalue weighted by Crippen LogP contribution is -2.31. The molecule has 3 aromatic rings. The molecule has 1 amide bonds. The van der Waals surface area contributed by atoms with Gasteiger partial charge in [0.25, 0.3) is 5.91 Å². The van der Waals surface area contributed by atoms with Crippen LogP contribution in [0.2, 0.25) is 0 Å². The van der Waals surface area contributed by atoms with E-state index in [0.717, 1.165) is 16.3 Å². The Kier molecular flexibility index (Phi) is 7.41. The predicted molar refractivity (Wildman–Crippen MR) is 122 cm³/mol. The van der Waals surface area contributed by atoms with E-state index in [-0.39, 0.29) is 19.1 Å². The molecule has 2 aromatic heterocycles. The van der Waals surface area contributed by atoms with Gasteiger partial charge in [-0.25, -0.2) is 5.01 Å². The van der Waals surface area contributed by atoms with Crippen molar-refractivity contribution in [2.45, 2.75) is 25.3 Å². The molecule has 0 aliphatic carbocycles. The van der Waals surface area contributed by atoms with Crippen molar-refractivity contribution >= 4 is 28.9 Å². The summed E-state index contributed by atoms with van der Waals surface area (Å²) in [6.45, 7) is -0.0207. The molecule has 8 nitrogen and oxygen atoms in total. The Morgan fingerprint density at radius 2 is 1.97 bits per heavy atom. The summed E-state index contributed by atoms with van der Waals surface area (Å²) in [5.41, 5.74) is 0.807. The fourth-order valence-electron chi connectivity index (χ4n) is 3.39. The lowest BCUT2D eigenvalue weighted by atomic mass is 10.1. The number of thiophene rings is 1. The fourth-order valence-corrected chi connectivity index (χ4v) is 4.11. The maximum atomic E-state index is 12.8. The number of methoxy groups -OCH3 is 1. The Labute approximate surface area is 195 Å². The van der Waals surface area contributed by atoms with Gasteiger partial charge in [0, 0.05) is 12.8 Å². The zero-order valence-electron chi connectivity index (χ0n) is 18.1. The van der Waals surface area contributed by atoms with E-state index < -0.39 is 11.9 Å². The molecule has 0 radical (unpaired) electrons. The highest BCUT2D eigenvalue weighted by Crippen LogP contribution is 2.34. The molecule has 0 spiro atoms. The Bertz CT molecular complexity index is 1080. The molecule has 172 valence electrons. The second-order valence-corrected chi connectivity index (χ2v) is 8.23. The molecule has 0 fully saturated rings. The smallest absolute Gasteiger partial charge is 0.306 e. The number of furan rings is 1. The molecule has 0 saturated heterocycles. The third-order valence-corrected chi connectivity index (χ3v) is 5.97. The second kappa shape index (κ2) is 10.8. The van der Waals surface area contributed by atoms with Crippen molar-refractivity contribution in [1.82, 2.24) is 5.01 Å². The minimum Gasteiger partial charge on any atom is -0.497 e. The topological polar surface area (TPSA) is 90.6 Å². The SMILES string of the molecule is COc1ccc(OCCCC(=O)OCC(=O)N2N=C(c3cccs3)C[C@@H]2c2ccco2)cc1. The van der Waals surface area contributed by atoms with Crippen LogP contribution in [0.3, 0.4) is 0 Å². The van der Waals surface area contributed by atoms with Gasteiger partial charge < -0.3 is 18.6 Å². The van der Waals surface area contributed by atoms with Crippen LogP contribution in [-0.2, 0) is 14.3 Å². The number of rotatable bonds is 10. The van der Waals surface area contributed by atoms with Crippen molar-refractivity contribution in [3.05, 3.63) is 70.8 Å². The summed E-state index contributed by atoms with van der Waals surface area (Å²) >= 11 is 1.56. The molecular weight excluding hydrogens is 444 g/mol. The van der Waals surface area contributed by atoms with Gasteiger partial charge in [0.2, 0.25) is 0 Å². The van der Waals surface area contributed by atoms with E-state index in [1.54, 1.807) is 55.0 Å². The standard InChI is InChI=1S/C24H24N2O6S/c1-29-17-8-10-18(11-9-17)30-12-3-7-24(28)32-16-23(27)26-20(21-5-2-13-31-21)15-19(25-26)22-6-4-14-33-22/h2,4-6,8-11,13-14,20H,3,7,12,15-16H2,1H3/t20-/m1/s1. The normalized spacial score (nSPS) is 15.2. The van der Waals surface area contributed by atoms with E-state index in [4.69, 9.17) is 18.6 Å². The number of carbonyl (C=O) groups is 2. The summed E-state index contributed by atoms with van der Waals surface area (Å²) in [6.07, 6.45) is 2.72. The van der Waals surface area contributed by atoms with Gasteiger partial charge in [0.15, 0.2) is 6.61 Å². The van der Waals surface area contributed by atoms with Gasteiger partial charge in [-0.3, -0.25) is 9.59 Å². The molecule has 3 heterocycles. The quantitative estimate of drug-likeness (QED) is 0.323. The van der Waals surface area contributed by atoms with Gasteiger partial charge in [-0.15, -0.1) is 11.3 Å². The second-order valence-electron chi connectivity index (χ2n) is 7.29. The van der Waals surface area contributed by atoms with Crippen LogP contribution in [0.1, 0.15) is 35.9 Å². The molecule has 0 saturated carbocycles. The largest absolute Gasteiger partial charge is 0.497 e. The average molecular weight is 469 g/mol. The van der Waals surface area contributed by atoms with Crippen LogP contribution in [-0.4, -0.2) is 42.9 Å². The number of esters is 1. The number of hydrogen-bond acceptors (Lipinski definition) is 8. The molecule has 9 heteroatoms. The number of hydrazone groups is 1. The van der Waals surface area contributed by atoms with Crippen LogP contribution in [0.15, 0.2) is 69.7 Å². The summed E-state index contributed by atoms with van der Waals surface area (Å²) in [5.74, 6) is 1.22. The summed E-state index contributed by atoms with van der Waals surface area (Å²) in [7, 11) is 1.60. The number of benzene rings is 1. The van der Waals surface area contributed by atoms with Crippen molar-refractivity contribution in [2.24, 2.45) is 5.10 Å². The van der Waals surface area contributed by atoms with Crippen molar-refractivity contribution in [1.29, 1.82) is 0 Å². The van der Waals surface area contributed by atoms with E-state index >= 15 is 0 Å². The molecule has 0 bridgehead atoms. The van der Waals surface area contributed by atoms with Crippen LogP contribution >= 0.6 is 11.3 Å². The molecule has 33 heavy (non-hydrogen) atoms. The number of hydrogen-bond donors (Lipinski definition) is 0. The highest BCUT2D eigenvalue weighted by Gasteiger charge is 2.35. The zero-order chi connectivity index (χ0) is 23.0. The third kappa shape index (κ3) is 5.81. The van der Waals surface area contributed by atoms with Gasteiger partial charge in [0.05, 0.1) is 30.6 Å². The van der Waals surface area contributed by atoms with E-state index in [2.05, 4.69) is 5.10 Å². The highest BCUT2D eigenvalue weighted by molar-refractivity contribution is 7.12. The molecule has 1 atom stereocenters. The van der Waals surface area contributed by atoms with Crippen LogP contribution < -0.4 is 9.47 Å². The van der Waals surface area contributed by atoms with Gasteiger partial charge in [-0.1, -0.05) is 6.07 Å². The third-order valence-electron chi connectivity index (χ3n) is 5.05. The number of ether oxygens (including phenoxy) is 3. The van der Waals surface area contributed by atoms with Crippen LogP contribution in [0.4, 0.5) is 0 Å². The minimum atomic E-state index is -0.460. The van der Waals surface area contributed by atoms with Crippen LogP contribution in [0.25, 0.3) is 0 Å². The Balaban J connectivity index is 1.25.